The number of anilines is 1. The first-order valence-corrected chi connectivity index (χ1v) is 12.4. The summed E-state index contributed by atoms with van der Waals surface area (Å²) < 4.78 is 34.8. The molecule has 1 aliphatic heterocycles. The molecule has 1 N–H and O–H groups in total. The van der Waals surface area contributed by atoms with Crippen molar-refractivity contribution >= 4 is 38.8 Å². The lowest BCUT2D eigenvalue weighted by Crippen LogP contribution is -2.43. The summed E-state index contributed by atoms with van der Waals surface area (Å²) in [5.41, 5.74) is 2.67. The molecule has 164 valence electrons. The van der Waals surface area contributed by atoms with Gasteiger partial charge in [0.2, 0.25) is 5.28 Å². The van der Waals surface area contributed by atoms with E-state index < -0.39 is 10.2 Å². The Morgan fingerprint density at radius 2 is 1.97 bits per heavy atom. The van der Waals surface area contributed by atoms with E-state index in [1.807, 2.05) is 6.07 Å². The Balaban J connectivity index is 1.70. The number of aromatic nitrogens is 3. The van der Waals surface area contributed by atoms with E-state index in [4.69, 9.17) is 21.3 Å². The fraction of sp³-hybridized carbons (Fsp3) is 0.350. The molecule has 0 unspecified atom stereocenters. The minimum absolute atomic E-state index is 0.162. The van der Waals surface area contributed by atoms with Crippen molar-refractivity contribution in [1.82, 2.24) is 19.3 Å². The number of ether oxygens (including phenoxy) is 1. The van der Waals surface area contributed by atoms with Gasteiger partial charge in [-0.15, -0.1) is 11.3 Å². The lowest BCUT2D eigenvalue weighted by Gasteiger charge is -2.26. The Morgan fingerprint density at radius 3 is 2.68 bits per heavy atom. The third kappa shape index (κ3) is 5.04. The van der Waals surface area contributed by atoms with Crippen molar-refractivity contribution in [3.05, 3.63) is 46.8 Å². The maximum Gasteiger partial charge on any atom is 0.301 e. The van der Waals surface area contributed by atoms with Crippen LogP contribution in [0.3, 0.4) is 0 Å². The molecule has 1 saturated heterocycles. The van der Waals surface area contributed by atoms with Gasteiger partial charge in [0, 0.05) is 30.8 Å². The summed E-state index contributed by atoms with van der Waals surface area (Å²) in [5, 5.41) is 1.12. The van der Waals surface area contributed by atoms with Gasteiger partial charge in [0.25, 0.3) is 0 Å². The Kier molecular flexibility index (Phi) is 6.54. The molecule has 11 heteroatoms. The van der Waals surface area contributed by atoms with Crippen LogP contribution in [0.25, 0.3) is 21.8 Å². The van der Waals surface area contributed by atoms with Crippen molar-refractivity contribution in [2.75, 3.05) is 31.0 Å². The molecule has 0 aliphatic carbocycles. The van der Waals surface area contributed by atoms with E-state index in [0.717, 1.165) is 21.1 Å². The molecule has 1 aliphatic rings. The van der Waals surface area contributed by atoms with Gasteiger partial charge in [-0.25, -0.2) is 15.0 Å². The van der Waals surface area contributed by atoms with Gasteiger partial charge in [0.05, 0.1) is 40.2 Å². The van der Waals surface area contributed by atoms with Crippen LogP contribution >= 0.6 is 22.9 Å². The fourth-order valence-electron chi connectivity index (χ4n) is 3.14. The third-order valence-electron chi connectivity index (χ3n) is 4.69. The van der Waals surface area contributed by atoms with Crippen molar-refractivity contribution in [2.24, 2.45) is 0 Å². The number of rotatable bonds is 6. The molecule has 2 aromatic heterocycles. The van der Waals surface area contributed by atoms with Gasteiger partial charge in [-0.1, -0.05) is 26.0 Å². The van der Waals surface area contributed by atoms with Gasteiger partial charge in [-0.05, 0) is 29.8 Å². The number of hydrogen-bond donors (Lipinski definition) is 1. The van der Waals surface area contributed by atoms with Gasteiger partial charge in [0.15, 0.2) is 0 Å². The van der Waals surface area contributed by atoms with Crippen molar-refractivity contribution in [2.45, 2.75) is 19.8 Å². The van der Waals surface area contributed by atoms with Crippen LogP contribution in [-0.2, 0) is 14.9 Å². The zero-order valence-electron chi connectivity index (χ0n) is 17.1. The maximum atomic E-state index is 12.7. The summed E-state index contributed by atoms with van der Waals surface area (Å²) in [7, 11) is -3.66. The number of morpholine rings is 1. The van der Waals surface area contributed by atoms with E-state index in [0.29, 0.717) is 37.7 Å². The molecule has 0 saturated carbocycles. The predicted octanol–water partition coefficient (Wildman–Crippen LogP) is 4.03. The zero-order chi connectivity index (χ0) is 22.0. The average Bonchev–Trinajstić information content (AvgIpc) is 3.20. The van der Waals surface area contributed by atoms with Crippen LogP contribution in [0.2, 0.25) is 5.28 Å². The van der Waals surface area contributed by atoms with Gasteiger partial charge >= 0.3 is 10.2 Å². The van der Waals surface area contributed by atoms with Crippen molar-refractivity contribution in [3.63, 3.8) is 0 Å². The molecule has 0 amide bonds. The van der Waals surface area contributed by atoms with Crippen LogP contribution < -0.4 is 4.72 Å². The highest BCUT2D eigenvalue weighted by Crippen LogP contribution is 2.39. The quantitative estimate of drug-likeness (QED) is 0.536. The Labute approximate surface area is 190 Å². The molecule has 8 nitrogen and oxygen atoms in total. The van der Waals surface area contributed by atoms with E-state index in [2.05, 4.69) is 28.5 Å². The average molecular weight is 480 g/mol. The normalized spacial score (nSPS) is 15.4. The lowest BCUT2D eigenvalue weighted by molar-refractivity contribution is 0.0733. The van der Waals surface area contributed by atoms with Gasteiger partial charge in [-0.3, -0.25) is 4.72 Å². The van der Waals surface area contributed by atoms with E-state index in [-0.39, 0.29) is 11.2 Å². The Hall–Kier alpha value is -2.11. The van der Waals surface area contributed by atoms with Crippen LogP contribution in [0.15, 0.2) is 36.5 Å². The molecule has 3 heterocycles. The number of benzene rings is 1. The van der Waals surface area contributed by atoms with Crippen LogP contribution in [0.4, 0.5) is 5.69 Å². The monoisotopic (exact) mass is 479 g/mol. The van der Waals surface area contributed by atoms with Gasteiger partial charge < -0.3 is 4.74 Å². The second kappa shape index (κ2) is 9.17. The highest BCUT2D eigenvalue weighted by atomic mass is 35.5. The Morgan fingerprint density at radius 1 is 1.19 bits per heavy atom. The zero-order valence-corrected chi connectivity index (χ0v) is 19.5. The number of hydrogen-bond acceptors (Lipinski definition) is 7. The molecule has 3 aromatic rings. The maximum absolute atomic E-state index is 12.7. The highest BCUT2D eigenvalue weighted by Gasteiger charge is 2.25. The smallest absolute Gasteiger partial charge is 0.301 e. The topological polar surface area (TPSA) is 97.3 Å². The third-order valence-corrected chi connectivity index (χ3v) is 7.79. The van der Waals surface area contributed by atoms with Gasteiger partial charge in [-0.2, -0.15) is 12.7 Å². The summed E-state index contributed by atoms with van der Waals surface area (Å²) in [6.07, 6.45) is 1.61. The molecule has 0 bridgehead atoms. The Bertz CT molecular complexity index is 1180. The van der Waals surface area contributed by atoms with Crippen LogP contribution in [0.1, 0.15) is 24.8 Å². The van der Waals surface area contributed by atoms with E-state index in [9.17, 15) is 8.42 Å². The molecule has 1 aromatic carbocycles. The number of thiazole rings is 1. The molecule has 0 atom stereocenters. The van der Waals surface area contributed by atoms with Crippen molar-refractivity contribution in [3.8, 4) is 21.8 Å². The van der Waals surface area contributed by atoms with E-state index in [1.54, 1.807) is 41.8 Å². The van der Waals surface area contributed by atoms with Crippen molar-refractivity contribution in [1.29, 1.82) is 0 Å². The minimum atomic E-state index is -3.66. The predicted molar refractivity (Wildman–Crippen MR) is 123 cm³/mol. The molecule has 31 heavy (non-hydrogen) atoms. The molecular formula is C20H22ClN5O3S2. The number of nitrogens with one attached hydrogen (secondary N) is 1. The number of nitrogens with zero attached hydrogens (tertiary/aromatic N) is 4. The highest BCUT2D eigenvalue weighted by molar-refractivity contribution is 7.90. The first kappa shape index (κ1) is 22.1. The van der Waals surface area contributed by atoms with E-state index >= 15 is 0 Å². The summed E-state index contributed by atoms with van der Waals surface area (Å²) in [5.74, 6) is 0.234. The largest absolute Gasteiger partial charge is 0.379 e. The summed E-state index contributed by atoms with van der Waals surface area (Å²) in [6, 6.07) is 9.00. The van der Waals surface area contributed by atoms with Crippen LogP contribution in [0, 0.1) is 0 Å². The first-order chi connectivity index (χ1) is 14.8. The molecular weight excluding hydrogens is 458 g/mol. The minimum Gasteiger partial charge on any atom is -0.379 e. The fourth-order valence-corrected chi connectivity index (χ4v) is 5.54. The van der Waals surface area contributed by atoms with Crippen LogP contribution in [0.5, 0.6) is 0 Å². The van der Waals surface area contributed by atoms with E-state index in [1.165, 1.54) is 4.31 Å². The molecule has 0 spiro atoms. The second-order valence-electron chi connectivity index (χ2n) is 7.29. The summed E-state index contributed by atoms with van der Waals surface area (Å²) in [6.45, 7) is 5.60. The van der Waals surface area contributed by atoms with Crippen LogP contribution in [-0.4, -0.2) is 54.0 Å². The number of halogens is 1. The second-order valence-corrected chi connectivity index (χ2v) is 10.3. The first-order valence-electron chi connectivity index (χ1n) is 9.79. The summed E-state index contributed by atoms with van der Waals surface area (Å²) in [4.78, 5) is 14.0. The summed E-state index contributed by atoms with van der Waals surface area (Å²) >= 11 is 7.55. The molecule has 0 radical (unpaired) electrons. The lowest BCUT2D eigenvalue weighted by atomic mass is 10.1. The SMILES string of the molecule is CC(C)c1nc(-c2cccc(NS(=O)(=O)N3CCOCC3)c2)c(-c2ccnc(Cl)n2)s1. The standard InChI is InChI=1S/C20H22ClN5O3S2/c1-13(2)19-24-17(18(30-19)16-6-7-22-20(21)23-16)14-4-3-5-15(12-14)25-31(27,28)26-8-10-29-11-9-26/h3-7,12-13,25H,8-11H2,1-2H3. The van der Waals surface area contributed by atoms with Gasteiger partial charge in [0.1, 0.15) is 0 Å². The molecule has 4 rings (SSSR count). The molecule has 1 fully saturated rings. The van der Waals surface area contributed by atoms with Crippen molar-refractivity contribution < 1.29 is 13.2 Å².